The van der Waals surface area contributed by atoms with Crippen molar-refractivity contribution < 1.29 is 4.79 Å². The topological polar surface area (TPSA) is 41.1 Å². The van der Waals surface area contributed by atoms with Crippen LogP contribution in [-0.2, 0) is 10.2 Å². The Hall–Kier alpha value is -2.29. The van der Waals surface area contributed by atoms with Crippen molar-refractivity contribution in [3.8, 4) is 0 Å². The third kappa shape index (κ3) is 4.85. The third-order valence-electron chi connectivity index (χ3n) is 3.99. The predicted molar refractivity (Wildman–Crippen MR) is 98.2 cm³/mol. The lowest BCUT2D eigenvalue weighted by atomic mass is 9.87. The number of hydrogen-bond donors (Lipinski definition) is 2. The van der Waals surface area contributed by atoms with Crippen molar-refractivity contribution in [2.45, 2.75) is 40.0 Å². The highest BCUT2D eigenvalue weighted by Crippen LogP contribution is 2.23. The first-order valence-corrected chi connectivity index (χ1v) is 7.97. The van der Waals surface area contributed by atoms with E-state index in [1.54, 1.807) is 0 Å². The van der Waals surface area contributed by atoms with Gasteiger partial charge in [-0.1, -0.05) is 39.0 Å². The molecule has 0 atom stereocenters. The molecular formula is C20H26N2O. The lowest BCUT2D eigenvalue weighted by Gasteiger charge is -2.19. The summed E-state index contributed by atoms with van der Waals surface area (Å²) in [6, 6.07) is 14.2. The van der Waals surface area contributed by atoms with Gasteiger partial charge in [0.2, 0.25) is 5.91 Å². The van der Waals surface area contributed by atoms with Crippen LogP contribution in [0.4, 0.5) is 11.4 Å². The molecule has 2 aromatic rings. The first-order chi connectivity index (χ1) is 10.8. The van der Waals surface area contributed by atoms with Crippen molar-refractivity contribution in [1.82, 2.24) is 0 Å². The number of nitrogens with one attached hydrogen (secondary N) is 2. The van der Waals surface area contributed by atoms with Gasteiger partial charge in [0.25, 0.3) is 0 Å². The molecule has 0 aliphatic heterocycles. The smallest absolute Gasteiger partial charge is 0.243 e. The molecule has 0 aliphatic rings. The van der Waals surface area contributed by atoms with E-state index in [1.165, 1.54) is 16.7 Å². The molecule has 2 N–H and O–H groups in total. The second-order valence-electron chi connectivity index (χ2n) is 7.03. The fourth-order valence-electron chi connectivity index (χ4n) is 2.29. The Bertz CT molecular complexity index is 682. The van der Waals surface area contributed by atoms with E-state index in [2.05, 4.69) is 50.5 Å². The standard InChI is InChI=1S/C20H26N2O/c1-14-6-9-18(12-15(14)2)22-19(23)13-21-17-10-7-16(8-11-17)20(3,4)5/h6-12,21H,13H2,1-5H3,(H,22,23). The molecule has 0 saturated heterocycles. The minimum Gasteiger partial charge on any atom is -0.376 e. The number of amides is 1. The molecule has 0 heterocycles. The van der Waals surface area contributed by atoms with Gasteiger partial charge in [0.05, 0.1) is 6.54 Å². The van der Waals surface area contributed by atoms with Crippen molar-refractivity contribution in [2.75, 3.05) is 17.2 Å². The first kappa shape index (κ1) is 17.1. The largest absolute Gasteiger partial charge is 0.376 e. The molecule has 0 radical (unpaired) electrons. The number of carbonyl (C=O) groups is 1. The summed E-state index contributed by atoms with van der Waals surface area (Å²) in [6.07, 6.45) is 0. The van der Waals surface area contributed by atoms with E-state index in [-0.39, 0.29) is 17.9 Å². The van der Waals surface area contributed by atoms with Crippen LogP contribution in [0.2, 0.25) is 0 Å². The third-order valence-corrected chi connectivity index (χ3v) is 3.99. The van der Waals surface area contributed by atoms with Gasteiger partial charge in [-0.2, -0.15) is 0 Å². The molecule has 0 aliphatic carbocycles. The molecule has 0 unspecified atom stereocenters. The lowest BCUT2D eigenvalue weighted by Crippen LogP contribution is -2.21. The van der Waals surface area contributed by atoms with Crippen molar-refractivity contribution in [3.63, 3.8) is 0 Å². The van der Waals surface area contributed by atoms with E-state index in [0.717, 1.165) is 11.4 Å². The predicted octanol–water partition coefficient (Wildman–Crippen LogP) is 4.65. The molecule has 122 valence electrons. The zero-order chi connectivity index (χ0) is 17.0. The Balaban J connectivity index is 1.90. The van der Waals surface area contributed by atoms with Gasteiger partial charge in [0.1, 0.15) is 0 Å². The number of carbonyl (C=O) groups excluding carboxylic acids is 1. The van der Waals surface area contributed by atoms with Crippen LogP contribution in [0.1, 0.15) is 37.5 Å². The van der Waals surface area contributed by atoms with Crippen molar-refractivity contribution in [1.29, 1.82) is 0 Å². The highest BCUT2D eigenvalue weighted by Gasteiger charge is 2.12. The minimum absolute atomic E-state index is 0.0480. The maximum absolute atomic E-state index is 12.0. The summed E-state index contributed by atoms with van der Waals surface area (Å²) in [5, 5.41) is 6.07. The summed E-state index contributed by atoms with van der Waals surface area (Å²) in [6.45, 7) is 10.9. The zero-order valence-corrected chi connectivity index (χ0v) is 14.7. The van der Waals surface area contributed by atoms with E-state index in [4.69, 9.17) is 0 Å². The Morgan fingerprint density at radius 2 is 1.52 bits per heavy atom. The normalized spacial score (nSPS) is 11.2. The maximum Gasteiger partial charge on any atom is 0.243 e. The van der Waals surface area contributed by atoms with Crippen LogP contribution >= 0.6 is 0 Å². The van der Waals surface area contributed by atoms with Crippen LogP contribution in [0.5, 0.6) is 0 Å². The van der Waals surface area contributed by atoms with E-state index < -0.39 is 0 Å². The molecule has 0 saturated carbocycles. The molecule has 0 fully saturated rings. The highest BCUT2D eigenvalue weighted by molar-refractivity contribution is 5.93. The molecule has 3 heteroatoms. The molecule has 0 aromatic heterocycles. The summed E-state index contributed by atoms with van der Waals surface area (Å²) in [5.74, 6) is -0.0480. The van der Waals surface area contributed by atoms with Crippen LogP contribution in [0.25, 0.3) is 0 Å². The van der Waals surface area contributed by atoms with Gasteiger partial charge < -0.3 is 10.6 Å². The van der Waals surface area contributed by atoms with Crippen LogP contribution in [0.15, 0.2) is 42.5 Å². The number of aryl methyl sites for hydroxylation is 2. The Kier molecular flexibility index (Phi) is 5.09. The highest BCUT2D eigenvalue weighted by atomic mass is 16.1. The van der Waals surface area contributed by atoms with Crippen molar-refractivity contribution >= 4 is 17.3 Å². The fraction of sp³-hybridized carbons (Fsp3) is 0.350. The van der Waals surface area contributed by atoms with Gasteiger partial charge in [-0.05, 0) is 60.2 Å². The Morgan fingerprint density at radius 3 is 2.09 bits per heavy atom. The van der Waals surface area contributed by atoms with Gasteiger partial charge >= 0.3 is 0 Å². The number of rotatable bonds is 4. The molecule has 0 bridgehead atoms. The van der Waals surface area contributed by atoms with Crippen LogP contribution in [-0.4, -0.2) is 12.5 Å². The molecule has 2 aromatic carbocycles. The Labute approximate surface area is 139 Å². The van der Waals surface area contributed by atoms with Gasteiger partial charge in [0.15, 0.2) is 0 Å². The minimum atomic E-state index is -0.0480. The van der Waals surface area contributed by atoms with Gasteiger partial charge in [-0.15, -0.1) is 0 Å². The second kappa shape index (κ2) is 6.86. The van der Waals surface area contributed by atoms with Crippen LogP contribution in [0.3, 0.4) is 0 Å². The summed E-state index contributed by atoms with van der Waals surface area (Å²) in [7, 11) is 0. The number of hydrogen-bond acceptors (Lipinski definition) is 2. The van der Waals surface area contributed by atoms with Gasteiger partial charge in [-0.25, -0.2) is 0 Å². The van der Waals surface area contributed by atoms with E-state index in [1.807, 2.05) is 37.3 Å². The van der Waals surface area contributed by atoms with E-state index in [0.29, 0.717) is 0 Å². The molecule has 0 spiro atoms. The maximum atomic E-state index is 12.0. The summed E-state index contributed by atoms with van der Waals surface area (Å²) in [5.41, 5.74) is 5.60. The van der Waals surface area contributed by atoms with E-state index >= 15 is 0 Å². The first-order valence-electron chi connectivity index (χ1n) is 7.97. The quantitative estimate of drug-likeness (QED) is 0.863. The van der Waals surface area contributed by atoms with Gasteiger partial charge in [0, 0.05) is 11.4 Å². The zero-order valence-electron chi connectivity index (χ0n) is 14.7. The lowest BCUT2D eigenvalue weighted by molar-refractivity contribution is -0.114. The number of anilines is 2. The van der Waals surface area contributed by atoms with Gasteiger partial charge in [-0.3, -0.25) is 4.79 Å². The molecular weight excluding hydrogens is 284 g/mol. The van der Waals surface area contributed by atoms with Crippen LogP contribution in [0, 0.1) is 13.8 Å². The molecule has 23 heavy (non-hydrogen) atoms. The molecule has 3 nitrogen and oxygen atoms in total. The number of benzene rings is 2. The average Bonchev–Trinajstić information content (AvgIpc) is 2.48. The monoisotopic (exact) mass is 310 g/mol. The Morgan fingerprint density at radius 1 is 0.913 bits per heavy atom. The van der Waals surface area contributed by atoms with Crippen molar-refractivity contribution in [2.24, 2.45) is 0 Å². The van der Waals surface area contributed by atoms with Crippen LogP contribution < -0.4 is 10.6 Å². The summed E-state index contributed by atoms with van der Waals surface area (Å²) >= 11 is 0. The molecule has 2 rings (SSSR count). The summed E-state index contributed by atoms with van der Waals surface area (Å²) in [4.78, 5) is 12.0. The second-order valence-corrected chi connectivity index (χ2v) is 7.03. The average molecular weight is 310 g/mol. The molecule has 1 amide bonds. The SMILES string of the molecule is Cc1ccc(NC(=O)CNc2ccc(C(C)(C)C)cc2)cc1C. The van der Waals surface area contributed by atoms with E-state index in [9.17, 15) is 4.79 Å². The van der Waals surface area contributed by atoms with Crippen molar-refractivity contribution in [3.05, 3.63) is 59.2 Å². The fourth-order valence-corrected chi connectivity index (χ4v) is 2.29. The summed E-state index contributed by atoms with van der Waals surface area (Å²) < 4.78 is 0.